The molecule has 0 aromatic heterocycles. The fourth-order valence-corrected chi connectivity index (χ4v) is 5.08. The van der Waals surface area contributed by atoms with Crippen molar-refractivity contribution in [2.75, 3.05) is 50.0 Å². The maximum atomic E-state index is 14.0. The van der Waals surface area contributed by atoms with Gasteiger partial charge in [-0.25, -0.2) is 0 Å². The van der Waals surface area contributed by atoms with Gasteiger partial charge in [0.05, 0.1) is 17.3 Å². The van der Waals surface area contributed by atoms with E-state index >= 15 is 0 Å². The van der Waals surface area contributed by atoms with Crippen LogP contribution in [0, 0.1) is 12.8 Å². The van der Waals surface area contributed by atoms with Crippen LogP contribution < -0.4 is 10.2 Å². The molecule has 6 heteroatoms. The standard InChI is InChI=1S/C27H34N4O2/c1-19-6-5-7-21(16-19)25-18-29(2)14-15-31(25)27(33)23-11-10-22(28-26(32)20-8-9-20)17-24(23)30-12-3-4-13-30/h5-7,10-11,16-17,20,25H,3-4,8-9,12-15,18H2,1-2H3,(H,28,32). The molecule has 2 amide bonds. The number of carbonyl (C=O) groups is 2. The zero-order chi connectivity index (χ0) is 22.9. The van der Waals surface area contributed by atoms with Crippen LogP contribution in [0.4, 0.5) is 11.4 Å². The maximum Gasteiger partial charge on any atom is 0.256 e. The number of carbonyl (C=O) groups excluding carboxylic acids is 2. The highest BCUT2D eigenvalue weighted by Gasteiger charge is 2.33. The molecule has 3 fully saturated rings. The SMILES string of the molecule is Cc1cccc(C2CN(C)CCN2C(=O)c2ccc(NC(=O)C3CC3)cc2N2CCCC2)c1. The molecule has 1 aliphatic carbocycles. The molecule has 1 unspecified atom stereocenters. The second-order valence-corrected chi connectivity index (χ2v) is 9.88. The molecule has 2 aliphatic heterocycles. The molecule has 33 heavy (non-hydrogen) atoms. The number of aryl methyl sites for hydroxylation is 1. The Kier molecular flexibility index (Phi) is 6.11. The summed E-state index contributed by atoms with van der Waals surface area (Å²) < 4.78 is 0. The van der Waals surface area contributed by atoms with Gasteiger partial charge in [0.15, 0.2) is 0 Å². The second-order valence-electron chi connectivity index (χ2n) is 9.88. The Bertz CT molecular complexity index is 1040. The third-order valence-corrected chi connectivity index (χ3v) is 7.16. The Morgan fingerprint density at radius 1 is 0.970 bits per heavy atom. The van der Waals surface area contributed by atoms with Crippen molar-refractivity contribution in [3.63, 3.8) is 0 Å². The van der Waals surface area contributed by atoms with Gasteiger partial charge >= 0.3 is 0 Å². The smallest absolute Gasteiger partial charge is 0.256 e. The summed E-state index contributed by atoms with van der Waals surface area (Å²) in [4.78, 5) is 33.0. The number of nitrogens with one attached hydrogen (secondary N) is 1. The predicted molar refractivity (Wildman–Crippen MR) is 132 cm³/mol. The van der Waals surface area contributed by atoms with Gasteiger partial charge in [0.25, 0.3) is 5.91 Å². The van der Waals surface area contributed by atoms with E-state index in [2.05, 4.69) is 53.4 Å². The van der Waals surface area contributed by atoms with E-state index < -0.39 is 0 Å². The third-order valence-electron chi connectivity index (χ3n) is 7.16. The number of nitrogens with zero attached hydrogens (tertiary/aromatic N) is 3. The molecule has 6 nitrogen and oxygen atoms in total. The van der Waals surface area contributed by atoms with Crippen LogP contribution in [0.25, 0.3) is 0 Å². The summed E-state index contributed by atoms with van der Waals surface area (Å²) >= 11 is 0. The molecular formula is C27H34N4O2. The Morgan fingerprint density at radius 3 is 2.48 bits per heavy atom. The first-order valence-electron chi connectivity index (χ1n) is 12.3. The van der Waals surface area contributed by atoms with Crippen LogP contribution >= 0.6 is 0 Å². The molecule has 174 valence electrons. The van der Waals surface area contributed by atoms with E-state index in [0.29, 0.717) is 6.54 Å². The lowest BCUT2D eigenvalue weighted by molar-refractivity contribution is -0.117. The van der Waals surface area contributed by atoms with E-state index in [0.717, 1.165) is 68.8 Å². The molecule has 3 aliphatic rings. The first-order valence-corrected chi connectivity index (χ1v) is 12.3. The van der Waals surface area contributed by atoms with Crippen molar-refractivity contribution in [2.45, 2.75) is 38.6 Å². The van der Waals surface area contributed by atoms with Crippen LogP contribution in [0.3, 0.4) is 0 Å². The minimum Gasteiger partial charge on any atom is -0.371 e. The largest absolute Gasteiger partial charge is 0.371 e. The third kappa shape index (κ3) is 4.76. The average Bonchev–Trinajstić information content (AvgIpc) is 3.53. The van der Waals surface area contributed by atoms with Crippen molar-refractivity contribution in [2.24, 2.45) is 5.92 Å². The van der Waals surface area contributed by atoms with Crippen LogP contribution in [-0.2, 0) is 4.79 Å². The monoisotopic (exact) mass is 446 g/mol. The Labute approximate surface area is 196 Å². The normalized spacial score (nSPS) is 21.3. The van der Waals surface area contributed by atoms with Gasteiger partial charge in [-0.2, -0.15) is 0 Å². The van der Waals surface area contributed by atoms with Crippen molar-refractivity contribution in [3.8, 4) is 0 Å². The van der Waals surface area contributed by atoms with Gasteiger partial charge in [0.1, 0.15) is 0 Å². The lowest BCUT2D eigenvalue weighted by Crippen LogP contribution is -2.49. The van der Waals surface area contributed by atoms with E-state index in [1.807, 2.05) is 23.1 Å². The van der Waals surface area contributed by atoms with E-state index in [9.17, 15) is 9.59 Å². The lowest BCUT2D eigenvalue weighted by atomic mass is 9.99. The Morgan fingerprint density at radius 2 is 1.76 bits per heavy atom. The lowest BCUT2D eigenvalue weighted by Gasteiger charge is -2.41. The molecular weight excluding hydrogens is 412 g/mol. The van der Waals surface area contributed by atoms with Gasteiger partial charge in [0, 0.05) is 44.3 Å². The van der Waals surface area contributed by atoms with Crippen LogP contribution in [-0.4, -0.2) is 61.4 Å². The van der Waals surface area contributed by atoms with E-state index in [1.165, 1.54) is 11.1 Å². The van der Waals surface area contributed by atoms with Crippen molar-refractivity contribution >= 4 is 23.2 Å². The van der Waals surface area contributed by atoms with Crippen molar-refractivity contribution in [1.82, 2.24) is 9.80 Å². The molecule has 0 radical (unpaired) electrons. The van der Waals surface area contributed by atoms with Gasteiger partial charge in [-0.15, -0.1) is 0 Å². The van der Waals surface area contributed by atoms with Crippen molar-refractivity contribution in [3.05, 3.63) is 59.2 Å². The highest BCUT2D eigenvalue weighted by atomic mass is 16.2. The summed E-state index contributed by atoms with van der Waals surface area (Å²) in [6, 6.07) is 14.4. The quantitative estimate of drug-likeness (QED) is 0.752. The number of likely N-dealkylation sites (N-methyl/N-ethyl adjacent to an activating group) is 1. The molecule has 2 heterocycles. The number of rotatable bonds is 5. The molecule has 1 N–H and O–H groups in total. The van der Waals surface area contributed by atoms with Crippen LogP contribution in [0.5, 0.6) is 0 Å². The summed E-state index contributed by atoms with van der Waals surface area (Å²) in [6.07, 6.45) is 4.22. The highest BCUT2D eigenvalue weighted by Crippen LogP contribution is 2.34. The van der Waals surface area contributed by atoms with Crippen LogP contribution in [0.15, 0.2) is 42.5 Å². The summed E-state index contributed by atoms with van der Waals surface area (Å²) in [6.45, 7) is 6.39. The molecule has 1 saturated carbocycles. The zero-order valence-corrected chi connectivity index (χ0v) is 19.7. The van der Waals surface area contributed by atoms with Gasteiger partial charge in [0.2, 0.25) is 5.91 Å². The Balaban J connectivity index is 1.47. The van der Waals surface area contributed by atoms with Crippen LogP contribution in [0.1, 0.15) is 53.2 Å². The minimum atomic E-state index is 0.0248. The fraction of sp³-hybridized carbons (Fsp3) is 0.481. The number of benzene rings is 2. The average molecular weight is 447 g/mol. The number of anilines is 2. The van der Waals surface area contributed by atoms with Crippen molar-refractivity contribution in [1.29, 1.82) is 0 Å². The maximum absolute atomic E-state index is 14.0. The summed E-state index contributed by atoms with van der Waals surface area (Å²) in [5, 5.41) is 3.06. The molecule has 1 atom stereocenters. The summed E-state index contributed by atoms with van der Waals surface area (Å²) in [7, 11) is 2.12. The van der Waals surface area contributed by atoms with Gasteiger partial charge < -0.3 is 20.0 Å². The summed E-state index contributed by atoms with van der Waals surface area (Å²) in [5.41, 5.74) is 4.88. The molecule has 2 saturated heterocycles. The predicted octanol–water partition coefficient (Wildman–Crippen LogP) is 4.07. The van der Waals surface area contributed by atoms with Gasteiger partial charge in [-0.1, -0.05) is 29.8 Å². The molecule has 2 aromatic rings. The number of hydrogen-bond acceptors (Lipinski definition) is 4. The second kappa shape index (κ2) is 9.18. The molecule has 0 bridgehead atoms. The van der Waals surface area contributed by atoms with Gasteiger partial charge in [-0.3, -0.25) is 9.59 Å². The first kappa shape index (κ1) is 22.0. The minimum absolute atomic E-state index is 0.0248. The van der Waals surface area contributed by atoms with Gasteiger partial charge in [-0.05, 0) is 63.4 Å². The Hall–Kier alpha value is -2.86. The number of piperazine rings is 1. The fourth-order valence-electron chi connectivity index (χ4n) is 5.08. The molecule has 5 rings (SSSR count). The van der Waals surface area contributed by atoms with E-state index in [-0.39, 0.29) is 23.8 Å². The van der Waals surface area contributed by atoms with Crippen LogP contribution in [0.2, 0.25) is 0 Å². The first-order chi connectivity index (χ1) is 16.0. The number of amides is 2. The van der Waals surface area contributed by atoms with E-state index in [1.54, 1.807) is 0 Å². The summed E-state index contributed by atoms with van der Waals surface area (Å²) in [5.74, 6) is 0.332. The van der Waals surface area contributed by atoms with E-state index in [4.69, 9.17) is 0 Å². The molecule has 2 aromatic carbocycles. The molecule has 0 spiro atoms. The zero-order valence-electron chi connectivity index (χ0n) is 19.7. The number of hydrogen-bond donors (Lipinski definition) is 1. The van der Waals surface area contributed by atoms with Crippen molar-refractivity contribution < 1.29 is 9.59 Å². The highest BCUT2D eigenvalue weighted by molar-refractivity contribution is 6.02. The topological polar surface area (TPSA) is 55.9 Å².